The maximum Gasteiger partial charge on any atom is 0.0459 e. The van der Waals surface area contributed by atoms with E-state index < -0.39 is 0 Å². The summed E-state index contributed by atoms with van der Waals surface area (Å²) < 4.78 is 0. The number of hydrogen-bond acceptors (Lipinski definition) is 1. The zero-order valence-electron chi connectivity index (χ0n) is 8.14. The molecule has 0 aromatic carbocycles. The van der Waals surface area contributed by atoms with Gasteiger partial charge in [0.05, 0.1) is 0 Å². The normalized spacial score (nSPS) is 16.4. The lowest BCUT2D eigenvalue weighted by molar-refractivity contribution is 0.197. The summed E-state index contributed by atoms with van der Waals surface area (Å²) in [6.45, 7) is 7.02. The van der Waals surface area contributed by atoms with Crippen LogP contribution < -0.4 is 0 Å². The van der Waals surface area contributed by atoms with Crippen LogP contribution in [-0.2, 0) is 0 Å². The average Bonchev–Trinajstić information content (AvgIpc) is 2.01. The number of rotatable bonds is 6. The highest BCUT2D eigenvalue weighted by Crippen LogP contribution is 2.18. The van der Waals surface area contributed by atoms with Crippen molar-refractivity contribution in [2.45, 2.75) is 46.5 Å². The summed E-state index contributed by atoms with van der Waals surface area (Å²) in [6, 6.07) is 0. The molecule has 68 valence electrons. The summed E-state index contributed by atoms with van der Waals surface area (Å²) >= 11 is 0. The predicted molar refractivity (Wildman–Crippen MR) is 49.6 cm³/mol. The Balaban J connectivity index is 3.44. The standard InChI is InChI=1S/C10H22O/c1-4-6-9(3)7-10(5-2)8-11/h9-11H,4-8H2,1-3H3/t9-,10-/m1/s1. The van der Waals surface area contributed by atoms with Gasteiger partial charge in [-0.2, -0.15) is 0 Å². The van der Waals surface area contributed by atoms with E-state index in [9.17, 15) is 0 Å². The maximum atomic E-state index is 8.94. The Hall–Kier alpha value is -0.0400. The molecule has 0 bridgehead atoms. The van der Waals surface area contributed by atoms with E-state index in [0.29, 0.717) is 12.5 Å². The second-order valence-electron chi connectivity index (χ2n) is 3.59. The molecule has 0 unspecified atom stereocenters. The van der Waals surface area contributed by atoms with Gasteiger partial charge in [0.25, 0.3) is 0 Å². The van der Waals surface area contributed by atoms with Crippen molar-refractivity contribution in [3.63, 3.8) is 0 Å². The van der Waals surface area contributed by atoms with E-state index in [2.05, 4.69) is 20.8 Å². The van der Waals surface area contributed by atoms with Crippen LogP contribution in [0.25, 0.3) is 0 Å². The minimum atomic E-state index is 0.366. The Bertz CT molecular complexity index is 76.9. The fourth-order valence-corrected chi connectivity index (χ4v) is 1.55. The average molecular weight is 158 g/mol. The summed E-state index contributed by atoms with van der Waals surface area (Å²) in [5, 5.41) is 8.94. The second kappa shape index (κ2) is 6.66. The van der Waals surface area contributed by atoms with Crippen molar-refractivity contribution in [3.05, 3.63) is 0 Å². The van der Waals surface area contributed by atoms with E-state index in [1.165, 1.54) is 19.3 Å². The van der Waals surface area contributed by atoms with Gasteiger partial charge in [-0.15, -0.1) is 0 Å². The summed E-state index contributed by atoms with van der Waals surface area (Å²) in [5.41, 5.74) is 0. The van der Waals surface area contributed by atoms with Crippen LogP contribution in [-0.4, -0.2) is 11.7 Å². The van der Waals surface area contributed by atoms with Gasteiger partial charge >= 0.3 is 0 Å². The van der Waals surface area contributed by atoms with E-state index in [0.717, 1.165) is 12.3 Å². The minimum absolute atomic E-state index is 0.366. The Morgan fingerprint density at radius 3 is 2.27 bits per heavy atom. The van der Waals surface area contributed by atoms with Crippen molar-refractivity contribution in [1.82, 2.24) is 0 Å². The molecule has 0 saturated carbocycles. The molecule has 0 fully saturated rings. The molecule has 0 rings (SSSR count). The largest absolute Gasteiger partial charge is 0.396 e. The highest BCUT2D eigenvalue weighted by Gasteiger charge is 2.09. The van der Waals surface area contributed by atoms with Crippen molar-refractivity contribution >= 4 is 0 Å². The third kappa shape index (κ3) is 5.25. The van der Waals surface area contributed by atoms with Crippen LogP contribution in [0.1, 0.15) is 46.5 Å². The molecule has 1 heteroatoms. The van der Waals surface area contributed by atoms with E-state index in [1.54, 1.807) is 0 Å². The number of hydrogen-bond donors (Lipinski definition) is 1. The molecule has 0 aliphatic carbocycles. The van der Waals surface area contributed by atoms with Crippen molar-refractivity contribution in [3.8, 4) is 0 Å². The molecule has 0 aliphatic heterocycles. The second-order valence-corrected chi connectivity index (χ2v) is 3.59. The first-order valence-corrected chi connectivity index (χ1v) is 4.85. The lowest BCUT2D eigenvalue weighted by atomic mass is 9.91. The molecular formula is C10H22O. The first-order chi connectivity index (χ1) is 5.24. The fraction of sp³-hybridized carbons (Fsp3) is 1.00. The molecule has 0 spiro atoms. The van der Waals surface area contributed by atoms with Gasteiger partial charge in [0.15, 0.2) is 0 Å². The van der Waals surface area contributed by atoms with Gasteiger partial charge < -0.3 is 5.11 Å². The predicted octanol–water partition coefficient (Wildman–Crippen LogP) is 2.83. The van der Waals surface area contributed by atoms with Gasteiger partial charge in [-0.3, -0.25) is 0 Å². The molecule has 0 heterocycles. The van der Waals surface area contributed by atoms with Gasteiger partial charge in [-0.1, -0.05) is 40.0 Å². The van der Waals surface area contributed by atoms with E-state index in [4.69, 9.17) is 5.11 Å². The zero-order chi connectivity index (χ0) is 8.69. The summed E-state index contributed by atoms with van der Waals surface area (Å²) in [5.74, 6) is 1.33. The third-order valence-electron chi connectivity index (χ3n) is 2.35. The van der Waals surface area contributed by atoms with Gasteiger partial charge in [0.2, 0.25) is 0 Å². The Morgan fingerprint density at radius 1 is 1.27 bits per heavy atom. The van der Waals surface area contributed by atoms with Crippen molar-refractivity contribution < 1.29 is 5.11 Å². The molecule has 0 saturated heterocycles. The first kappa shape index (κ1) is 11.0. The van der Waals surface area contributed by atoms with E-state index in [1.807, 2.05) is 0 Å². The Kier molecular flexibility index (Phi) is 6.63. The van der Waals surface area contributed by atoms with Gasteiger partial charge in [0, 0.05) is 6.61 Å². The van der Waals surface area contributed by atoms with Crippen molar-refractivity contribution in [2.75, 3.05) is 6.61 Å². The summed E-state index contributed by atoms with van der Waals surface area (Å²) in [4.78, 5) is 0. The van der Waals surface area contributed by atoms with Crippen LogP contribution in [0.15, 0.2) is 0 Å². The summed E-state index contributed by atoms with van der Waals surface area (Å²) in [7, 11) is 0. The van der Waals surface area contributed by atoms with Crippen molar-refractivity contribution in [2.24, 2.45) is 11.8 Å². The fourth-order valence-electron chi connectivity index (χ4n) is 1.55. The first-order valence-electron chi connectivity index (χ1n) is 4.85. The monoisotopic (exact) mass is 158 g/mol. The molecule has 0 amide bonds. The Labute approximate surface area is 70.8 Å². The Morgan fingerprint density at radius 2 is 1.91 bits per heavy atom. The molecule has 0 radical (unpaired) electrons. The number of aliphatic hydroxyl groups is 1. The molecule has 0 aromatic rings. The SMILES string of the molecule is CCC[C@@H](C)C[C@@H](CC)CO. The topological polar surface area (TPSA) is 20.2 Å². The zero-order valence-corrected chi connectivity index (χ0v) is 8.14. The van der Waals surface area contributed by atoms with Crippen LogP contribution in [0, 0.1) is 11.8 Å². The van der Waals surface area contributed by atoms with E-state index >= 15 is 0 Å². The van der Waals surface area contributed by atoms with Gasteiger partial charge in [0.1, 0.15) is 0 Å². The summed E-state index contributed by atoms with van der Waals surface area (Å²) in [6.07, 6.45) is 4.88. The van der Waals surface area contributed by atoms with Crippen LogP contribution in [0.5, 0.6) is 0 Å². The lowest BCUT2D eigenvalue weighted by Crippen LogP contribution is -2.09. The molecule has 1 N–H and O–H groups in total. The quantitative estimate of drug-likeness (QED) is 0.630. The van der Waals surface area contributed by atoms with Gasteiger partial charge in [-0.05, 0) is 18.3 Å². The third-order valence-corrected chi connectivity index (χ3v) is 2.35. The minimum Gasteiger partial charge on any atom is -0.396 e. The van der Waals surface area contributed by atoms with Gasteiger partial charge in [-0.25, -0.2) is 0 Å². The maximum absolute atomic E-state index is 8.94. The van der Waals surface area contributed by atoms with Crippen LogP contribution in [0.4, 0.5) is 0 Å². The van der Waals surface area contributed by atoms with Crippen molar-refractivity contribution in [1.29, 1.82) is 0 Å². The van der Waals surface area contributed by atoms with Crippen LogP contribution >= 0.6 is 0 Å². The highest BCUT2D eigenvalue weighted by atomic mass is 16.3. The number of aliphatic hydroxyl groups excluding tert-OH is 1. The molecule has 0 aromatic heterocycles. The molecule has 2 atom stereocenters. The molecule has 11 heavy (non-hydrogen) atoms. The molecule has 1 nitrogen and oxygen atoms in total. The smallest absolute Gasteiger partial charge is 0.0459 e. The van der Waals surface area contributed by atoms with Crippen LogP contribution in [0.3, 0.4) is 0 Å². The molecular weight excluding hydrogens is 136 g/mol. The van der Waals surface area contributed by atoms with Crippen LogP contribution in [0.2, 0.25) is 0 Å². The lowest BCUT2D eigenvalue weighted by Gasteiger charge is -2.16. The van der Waals surface area contributed by atoms with E-state index in [-0.39, 0.29) is 0 Å². The highest BCUT2D eigenvalue weighted by molar-refractivity contribution is 4.60. The molecule has 0 aliphatic rings.